The van der Waals surface area contributed by atoms with Gasteiger partial charge in [0, 0.05) is 30.8 Å². The van der Waals surface area contributed by atoms with Gasteiger partial charge in [0.25, 0.3) is 0 Å². The summed E-state index contributed by atoms with van der Waals surface area (Å²) in [4.78, 5) is 16.8. The number of aromatic hydroxyl groups is 1. The summed E-state index contributed by atoms with van der Waals surface area (Å²) in [7, 11) is 0. The highest BCUT2D eigenvalue weighted by Gasteiger charge is 2.22. The van der Waals surface area contributed by atoms with Crippen LogP contribution in [0.25, 0.3) is 11.3 Å². The van der Waals surface area contributed by atoms with Crippen LogP contribution in [0, 0.1) is 12.8 Å². The summed E-state index contributed by atoms with van der Waals surface area (Å²) < 4.78 is 2.28. The van der Waals surface area contributed by atoms with Gasteiger partial charge in [0.05, 0.1) is 11.4 Å². The zero-order valence-corrected chi connectivity index (χ0v) is 15.8. The molecule has 1 aliphatic heterocycles. The molecule has 1 aliphatic rings. The van der Waals surface area contributed by atoms with Crippen molar-refractivity contribution in [1.29, 1.82) is 0 Å². The number of anilines is 1. The van der Waals surface area contributed by atoms with Crippen LogP contribution >= 0.6 is 0 Å². The van der Waals surface area contributed by atoms with Gasteiger partial charge in [-0.25, -0.2) is 9.78 Å². The van der Waals surface area contributed by atoms with Gasteiger partial charge in [0.2, 0.25) is 0 Å². The van der Waals surface area contributed by atoms with E-state index in [2.05, 4.69) is 36.0 Å². The summed E-state index contributed by atoms with van der Waals surface area (Å²) >= 11 is 0. The number of amides is 2. The van der Waals surface area contributed by atoms with Crippen molar-refractivity contribution in [3.63, 3.8) is 0 Å². The molecule has 0 radical (unpaired) electrons. The van der Waals surface area contributed by atoms with Gasteiger partial charge in [-0.1, -0.05) is 20.3 Å². The molecule has 1 atom stereocenters. The molecule has 2 aromatic rings. The van der Waals surface area contributed by atoms with E-state index < -0.39 is 0 Å². The first-order chi connectivity index (χ1) is 12.5. The summed E-state index contributed by atoms with van der Waals surface area (Å²) in [6.45, 7) is 8.03. The molecular weight excluding hydrogens is 328 g/mol. The molecule has 0 aliphatic carbocycles. The number of nitrogens with zero attached hydrogens (tertiary/aromatic N) is 2. The smallest absolute Gasteiger partial charge is 0.319 e. The van der Waals surface area contributed by atoms with E-state index in [9.17, 15) is 9.90 Å². The Balaban J connectivity index is 1.83. The normalized spacial score (nSPS) is 16.2. The predicted octanol–water partition coefficient (Wildman–Crippen LogP) is 4.07. The first-order valence-electron chi connectivity index (χ1n) is 9.43. The lowest BCUT2D eigenvalue weighted by molar-refractivity contribution is 0.252. The number of fused-ring (bicyclic) bond motifs is 1. The Morgan fingerprint density at radius 1 is 1.42 bits per heavy atom. The highest BCUT2D eigenvalue weighted by Crippen LogP contribution is 2.33. The molecule has 0 saturated carbocycles. The van der Waals surface area contributed by atoms with Crippen molar-refractivity contribution in [3.8, 4) is 17.0 Å². The van der Waals surface area contributed by atoms with Crippen LogP contribution in [0.1, 0.15) is 44.6 Å². The first-order valence-corrected chi connectivity index (χ1v) is 9.43. The van der Waals surface area contributed by atoms with E-state index in [4.69, 9.17) is 4.98 Å². The fraction of sp³-hybridized carbons (Fsp3) is 0.500. The minimum atomic E-state index is -0.305. The SMILES string of the molecule is CCCCNC(=O)Nc1cc(-c2nc3n(c2C)CCC(C)C3)ccc1O. The zero-order chi connectivity index (χ0) is 18.7. The van der Waals surface area contributed by atoms with Crippen molar-refractivity contribution >= 4 is 11.7 Å². The number of hydrogen-bond acceptors (Lipinski definition) is 3. The van der Waals surface area contributed by atoms with Gasteiger partial charge in [-0.2, -0.15) is 0 Å². The number of hydrogen-bond donors (Lipinski definition) is 3. The van der Waals surface area contributed by atoms with Gasteiger partial charge in [-0.3, -0.25) is 0 Å². The quantitative estimate of drug-likeness (QED) is 0.558. The second-order valence-electron chi connectivity index (χ2n) is 7.18. The number of benzene rings is 1. The Labute approximate surface area is 154 Å². The van der Waals surface area contributed by atoms with Crippen molar-refractivity contribution in [1.82, 2.24) is 14.9 Å². The molecule has 3 N–H and O–H groups in total. The lowest BCUT2D eigenvalue weighted by Crippen LogP contribution is -2.29. The molecule has 3 rings (SSSR count). The molecule has 0 bridgehead atoms. The number of carbonyl (C=O) groups excluding carboxylic acids is 1. The van der Waals surface area contributed by atoms with E-state index in [0.717, 1.165) is 48.6 Å². The fourth-order valence-corrected chi connectivity index (χ4v) is 3.41. The van der Waals surface area contributed by atoms with Crippen molar-refractivity contribution in [2.75, 3.05) is 11.9 Å². The maximum Gasteiger partial charge on any atom is 0.319 e. The van der Waals surface area contributed by atoms with E-state index in [1.807, 2.05) is 6.07 Å². The summed E-state index contributed by atoms with van der Waals surface area (Å²) in [5.41, 5.74) is 3.36. The lowest BCUT2D eigenvalue weighted by atomic mass is 10.0. The Morgan fingerprint density at radius 3 is 3.00 bits per heavy atom. The van der Waals surface area contributed by atoms with Crippen molar-refractivity contribution in [2.24, 2.45) is 5.92 Å². The summed E-state index contributed by atoms with van der Waals surface area (Å²) in [6, 6.07) is 4.94. The number of nitrogens with one attached hydrogen (secondary N) is 2. The second kappa shape index (κ2) is 7.81. The van der Waals surface area contributed by atoms with E-state index >= 15 is 0 Å². The number of aromatic nitrogens is 2. The third-order valence-corrected chi connectivity index (χ3v) is 5.01. The molecule has 2 amide bonds. The average molecular weight is 356 g/mol. The molecule has 2 heterocycles. The molecule has 1 aromatic carbocycles. The van der Waals surface area contributed by atoms with Crippen LogP contribution in [-0.2, 0) is 13.0 Å². The summed E-state index contributed by atoms with van der Waals surface area (Å²) in [5.74, 6) is 1.83. The van der Waals surface area contributed by atoms with Crippen LogP contribution in [-0.4, -0.2) is 27.2 Å². The average Bonchev–Trinajstić information content (AvgIpc) is 2.93. The summed E-state index contributed by atoms with van der Waals surface area (Å²) in [5, 5.41) is 15.6. The third kappa shape index (κ3) is 3.84. The summed E-state index contributed by atoms with van der Waals surface area (Å²) in [6.07, 6.45) is 4.11. The van der Waals surface area contributed by atoms with Crippen LogP contribution in [0.5, 0.6) is 5.75 Å². The van der Waals surface area contributed by atoms with Crippen LogP contribution in [0.2, 0.25) is 0 Å². The highest BCUT2D eigenvalue weighted by atomic mass is 16.3. The largest absolute Gasteiger partial charge is 0.506 e. The molecule has 6 heteroatoms. The molecule has 26 heavy (non-hydrogen) atoms. The van der Waals surface area contributed by atoms with Gasteiger partial charge in [-0.05, 0) is 43.9 Å². The number of rotatable bonds is 5. The Hall–Kier alpha value is -2.50. The van der Waals surface area contributed by atoms with Crippen LogP contribution in [0.4, 0.5) is 10.5 Å². The zero-order valence-electron chi connectivity index (χ0n) is 15.8. The van der Waals surface area contributed by atoms with Crippen molar-refractivity contribution < 1.29 is 9.90 Å². The fourth-order valence-electron chi connectivity index (χ4n) is 3.41. The monoisotopic (exact) mass is 356 g/mol. The molecule has 6 nitrogen and oxygen atoms in total. The van der Waals surface area contributed by atoms with Gasteiger partial charge in [0.15, 0.2) is 0 Å². The number of unbranched alkanes of at least 4 members (excludes halogenated alkanes) is 1. The molecule has 140 valence electrons. The number of phenolic OH excluding ortho intramolecular Hbond substituents is 1. The number of carbonyl (C=O) groups is 1. The van der Waals surface area contributed by atoms with Gasteiger partial charge in [0.1, 0.15) is 11.6 Å². The molecular formula is C20H28N4O2. The number of imidazole rings is 1. The Kier molecular flexibility index (Phi) is 5.49. The number of phenols is 1. The third-order valence-electron chi connectivity index (χ3n) is 5.01. The molecule has 0 fully saturated rings. The van der Waals surface area contributed by atoms with Gasteiger partial charge in [-0.15, -0.1) is 0 Å². The van der Waals surface area contributed by atoms with Crippen molar-refractivity contribution in [2.45, 2.75) is 53.0 Å². The minimum absolute atomic E-state index is 0.0506. The van der Waals surface area contributed by atoms with E-state index in [1.165, 1.54) is 6.42 Å². The first kappa shape index (κ1) is 18.3. The van der Waals surface area contributed by atoms with E-state index in [0.29, 0.717) is 18.2 Å². The Bertz CT molecular complexity index is 797. The molecule has 0 saturated heterocycles. The standard InChI is InChI=1S/C20H28N4O2/c1-4-5-9-21-20(26)22-16-12-15(6-7-17(16)25)19-14(3)24-10-8-13(2)11-18(24)23-19/h6-7,12-13,25H,4-5,8-11H2,1-3H3,(H2,21,22,26). The van der Waals surface area contributed by atoms with Gasteiger partial charge >= 0.3 is 6.03 Å². The minimum Gasteiger partial charge on any atom is -0.506 e. The lowest BCUT2D eigenvalue weighted by Gasteiger charge is -2.20. The van der Waals surface area contributed by atoms with E-state index in [-0.39, 0.29) is 11.8 Å². The predicted molar refractivity (Wildman–Crippen MR) is 103 cm³/mol. The highest BCUT2D eigenvalue weighted by molar-refractivity contribution is 5.91. The van der Waals surface area contributed by atoms with Gasteiger partial charge < -0.3 is 20.3 Å². The Morgan fingerprint density at radius 2 is 2.23 bits per heavy atom. The maximum atomic E-state index is 12.0. The number of urea groups is 1. The topological polar surface area (TPSA) is 79.2 Å². The molecule has 0 spiro atoms. The second-order valence-corrected chi connectivity index (χ2v) is 7.18. The van der Waals surface area contributed by atoms with Crippen LogP contribution in [0.3, 0.4) is 0 Å². The maximum absolute atomic E-state index is 12.0. The molecule has 1 unspecified atom stereocenters. The molecule has 1 aromatic heterocycles. The van der Waals surface area contributed by atoms with E-state index in [1.54, 1.807) is 12.1 Å². The van der Waals surface area contributed by atoms with Crippen molar-refractivity contribution in [3.05, 3.63) is 29.7 Å². The van der Waals surface area contributed by atoms with Crippen LogP contribution in [0.15, 0.2) is 18.2 Å². The van der Waals surface area contributed by atoms with Crippen LogP contribution < -0.4 is 10.6 Å².